The van der Waals surface area contributed by atoms with Crippen LogP contribution in [0.1, 0.15) is 34.9 Å². The summed E-state index contributed by atoms with van der Waals surface area (Å²) in [6.07, 6.45) is 29.9. The smallest absolute Gasteiger partial charge is 0.442 e. The molecule has 29 nitrogen and oxygen atoms in total. The Morgan fingerprint density at radius 2 is 0.448 bits per heavy atom. The third-order valence-electron chi connectivity index (χ3n) is 7.39. The third kappa shape index (κ3) is 33.1. The molecule has 0 aliphatic heterocycles. The molecule has 18 N–H and O–H groups in total. The number of nitrogens with zero attached hydrogens (tertiary/aromatic N) is 20. The number of aliphatic imine (C=N–C) groups is 6. The SMILES string of the molecule is C(=NCCN(CCN=Cc1ncc[n-]1)CCN=Cc1ncc[n-]1)c1ncc[n-]1.C(=NCCN(CCN=Cc1ncc[n-]1)CCN=Cc1ncc[n-]1)c1ncc[n-]1.O.O.O.O.O.O.O.O.O.[Fe+3].[Fe+3]. The monoisotopic (exact) mass is 1030 g/mol. The largest absolute Gasteiger partial charge is 3.00 e. The van der Waals surface area contributed by atoms with Crippen LogP contribution in [-0.4, -0.2) is 205 Å². The van der Waals surface area contributed by atoms with Crippen LogP contribution in [0.5, 0.6) is 0 Å². The summed E-state index contributed by atoms with van der Waals surface area (Å²) in [4.78, 5) is 79.6. The summed E-state index contributed by atoms with van der Waals surface area (Å²) < 4.78 is 0. The molecule has 0 saturated carbocycles. The van der Waals surface area contributed by atoms with E-state index in [0.29, 0.717) is 74.2 Å². The Bertz CT molecular complexity index is 1630. The molecule has 374 valence electrons. The number of hydrogen-bond donors (Lipinski definition) is 0. The van der Waals surface area contributed by atoms with E-state index >= 15 is 0 Å². The number of rotatable bonds is 24. The maximum atomic E-state index is 4.38. The van der Waals surface area contributed by atoms with Crippen LogP contribution in [0.15, 0.2) is 104 Å². The number of imidazole rings is 6. The van der Waals surface area contributed by atoms with Crippen LogP contribution in [0, 0.1) is 0 Å². The van der Waals surface area contributed by atoms with Gasteiger partial charge in [0, 0.05) is 76.6 Å². The van der Waals surface area contributed by atoms with Crippen molar-refractivity contribution in [3.05, 3.63) is 109 Å². The molecule has 6 rings (SSSR count). The van der Waals surface area contributed by atoms with Gasteiger partial charge in [0.2, 0.25) is 0 Å². The van der Waals surface area contributed by atoms with E-state index in [9.17, 15) is 0 Å². The van der Waals surface area contributed by atoms with Gasteiger partial charge in [-0.2, -0.15) is 0 Å². The van der Waals surface area contributed by atoms with Crippen molar-refractivity contribution in [1.29, 1.82) is 0 Å². The molecule has 0 aliphatic rings. The van der Waals surface area contributed by atoms with Gasteiger partial charge in [-0.1, -0.05) is 74.4 Å². The first-order chi connectivity index (χ1) is 27.8. The average molecular weight is 1030 g/mol. The first kappa shape index (κ1) is 75.2. The Morgan fingerprint density at radius 3 is 0.567 bits per heavy atom. The average Bonchev–Trinajstić information content (AvgIpc) is 4.07. The van der Waals surface area contributed by atoms with E-state index in [0.717, 1.165) is 39.3 Å². The molecule has 0 aliphatic carbocycles. The zero-order chi connectivity index (χ0) is 38.6. The Morgan fingerprint density at radius 1 is 0.299 bits per heavy atom. The van der Waals surface area contributed by atoms with Gasteiger partial charge in [-0.3, -0.25) is 39.8 Å². The van der Waals surface area contributed by atoms with Crippen molar-refractivity contribution in [2.75, 3.05) is 78.5 Å². The molecule has 31 heteroatoms. The van der Waals surface area contributed by atoms with Gasteiger partial charge in [0.15, 0.2) is 0 Å². The molecular formula is C36H60Fe2N20O9. The van der Waals surface area contributed by atoms with E-state index in [1.165, 1.54) is 0 Å². The molecule has 0 unspecified atom stereocenters. The van der Waals surface area contributed by atoms with E-state index < -0.39 is 0 Å². The molecule has 0 atom stereocenters. The maximum Gasteiger partial charge on any atom is 3.00 e. The number of hydrogen-bond acceptors (Lipinski definition) is 14. The number of aromatic nitrogens is 12. The molecule has 0 fully saturated rings. The molecule has 6 heterocycles. The molecule has 67 heavy (non-hydrogen) atoms. The summed E-state index contributed by atoms with van der Waals surface area (Å²) >= 11 is 0. The summed E-state index contributed by atoms with van der Waals surface area (Å²) in [6.45, 7) is 8.68. The van der Waals surface area contributed by atoms with Crippen molar-refractivity contribution in [1.82, 2.24) is 69.6 Å². The molecule has 0 saturated heterocycles. The first-order valence-corrected chi connectivity index (χ1v) is 17.9. The van der Waals surface area contributed by atoms with E-state index in [-0.39, 0.29) is 83.4 Å². The summed E-state index contributed by atoms with van der Waals surface area (Å²) in [5.74, 6) is 3.78. The molecule has 0 aromatic carbocycles. The van der Waals surface area contributed by atoms with Crippen LogP contribution in [0.2, 0.25) is 0 Å². The van der Waals surface area contributed by atoms with Crippen LogP contribution in [0.25, 0.3) is 0 Å². The van der Waals surface area contributed by atoms with Crippen molar-refractivity contribution in [3.8, 4) is 0 Å². The van der Waals surface area contributed by atoms with Gasteiger partial charge < -0.3 is 109 Å². The Hall–Kier alpha value is -6.12. The molecule has 0 bridgehead atoms. The van der Waals surface area contributed by atoms with Gasteiger partial charge in [0.05, 0.1) is 39.3 Å². The van der Waals surface area contributed by atoms with Gasteiger partial charge in [0.1, 0.15) is 0 Å². The normalized spacial score (nSPS) is 10.3. The second kappa shape index (κ2) is 47.8. The summed E-state index contributed by atoms with van der Waals surface area (Å²) in [7, 11) is 0. The molecule has 6 aromatic rings. The standard InChI is InChI=1S/2C18H21N10.2Fe.9H2O/c2*1-2-23-16(22-1)13-19-7-10-28(11-8-20-14-17-24-3-4-25-17)12-9-21-15-18-26-5-6-27-18;;;;;;;;;;;/h2*1-6,13-15H,7-12H2;;;9*1H2/q2*-3;2*+3;;;;;;;;;. The zero-order valence-electron chi connectivity index (χ0n) is 36.0. The van der Waals surface area contributed by atoms with Gasteiger partial charge in [-0.05, 0) is 34.9 Å². The van der Waals surface area contributed by atoms with Crippen molar-refractivity contribution < 1.29 is 83.4 Å². The topological polar surface area (TPSA) is 526 Å². The van der Waals surface area contributed by atoms with Gasteiger partial charge in [-0.25, -0.2) is 0 Å². The van der Waals surface area contributed by atoms with Crippen LogP contribution in [0.3, 0.4) is 0 Å². The Kier molecular flexibility index (Phi) is 53.7. The predicted octanol–water partition coefficient (Wildman–Crippen LogP) is -8.02. The van der Waals surface area contributed by atoms with E-state index in [1.54, 1.807) is 112 Å². The third-order valence-corrected chi connectivity index (χ3v) is 7.39. The van der Waals surface area contributed by atoms with E-state index in [4.69, 9.17) is 0 Å². The summed E-state index contributed by atoms with van der Waals surface area (Å²) in [6, 6.07) is 0. The second-order valence-electron chi connectivity index (χ2n) is 11.4. The van der Waals surface area contributed by atoms with E-state index in [1.807, 2.05) is 0 Å². The van der Waals surface area contributed by atoms with Crippen LogP contribution < -0.4 is 29.9 Å². The Balaban J connectivity index is -0.000000185. The molecular weight excluding hydrogens is 968 g/mol. The van der Waals surface area contributed by atoms with Gasteiger partial charge >= 0.3 is 34.1 Å². The minimum atomic E-state index is 0. The van der Waals surface area contributed by atoms with Crippen molar-refractivity contribution >= 4 is 37.3 Å². The molecule has 0 amide bonds. The van der Waals surface area contributed by atoms with Crippen LogP contribution in [-0.2, 0) is 34.1 Å². The summed E-state index contributed by atoms with van der Waals surface area (Å²) in [5.41, 5.74) is 0. The van der Waals surface area contributed by atoms with E-state index in [2.05, 4.69) is 99.6 Å². The molecule has 2 radical (unpaired) electrons. The quantitative estimate of drug-likeness (QED) is 0.0402. The fourth-order valence-corrected chi connectivity index (χ4v) is 4.66. The van der Waals surface area contributed by atoms with Crippen LogP contribution in [0.4, 0.5) is 0 Å². The molecule has 0 spiro atoms. The second-order valence-corrected chi connectivity index (χ2v) is 11.4. The van der Waals surface area contributed by atoms with Gasteiger partial charge in [-0.15, -0.1) is 0 Å². The fourth-order valence-electron chi connectivity index (χ4n) is 4.66. The summed E-state index contributed by atoms with van der Waals surface area (Å²) in [5, 5.41) is 0. The van der Waals surface area contributed by atoms with Crippen LogP contribution >= 0.6 is 0 Å². The van der Waals surface area contributed by atoms with Gasteiger partial charge in [0.25, 0.3) is 0 Å². The minimum Gasteiger partial charge on any atom is -0.442 e. The Labute approximate surface area is 406 Å². The van der Waals surface area contributed by atoms with Crippen molar-refractivity contribution in [2.24, 2.45) is 30.0 Å². The molecule has 6 aromatic heterocycles. The fraction of sp³-hybridized carbons (Fsp3) is 0.333. The predicted molar refractivity (Wildman–Crippen MR) is 246 cm³/mol. The van der Waals surface area contributed by atoms with Crippen molar-refractivity contribution in [2.45, 2.75) is 0 Å². The zero-order valence-corrected chi connectivity index (χ0v) is 38.2. The first-order valence-electron chi connectivity index (χ1n) is 17.9. The minimum absolute atomic E-state index is 0. The van der Waals surface area contributed by atoms with Crippen molar-refractivity contribution in [3.63, 3.8) is 0 Å². The maximum absolute atomic E-state index is 4.38.